The number of hydrogen-bond acceptors (Lipinski definition) is 4. The summed E-state index contributed by atoms with van der Waals surface area (Å²) >= 11 is 0. The smallest absolute Gasteiger partial charge is 0.231 e. The molecule has 0 amide bonds. The molecule has 0 atom stereocenters. The Morgan fingerprint density at radius 1 is 1.17 bits per heavy atom. The van der Waals surface area contributed by atoms with Gasteiger partial charge in [-0.3, -0.25) is 0 Å². The molecule has 0 saturated carbocycles. The minimum atomic E-state index is 0.295. The molecular weight excluding hydrogens is 232 g/mol. The summed E-state index contributed by atoms with van der Waals surface area (Å²) in [5.74, 6) is 2.59. The molecule has 5 heteroatoms. The number of rotatable bonds is 1. The molecule has 2 aromatic rings. The SMILES string of the molecule is c1cc2c(cc1-c1noc3c1C[NH2+]CC3)OCO2. The Morgan fingerprint density at radius 3 is 3.11 bits per heavy atom. The van der Waals surface area contributed by atoms with E-state index < -0.39 is 0 Å². The molecule has 0 radical (unpaired) electrons. The van der Waals surface area contributed by atoms with Crippen LogP contribution in [0.25, 0.3) is 11.3 Å². The Kier molecular flexibility index (Phi) is 2.07. The number of ether oxygens (including phenoxy) is 2. The highest BCUT2D eigenvalue weighted by Crippen LogP contribution is 2.37. The van der Waals surface area contributed by atoms with Gasteiger partial charge in [-0.25, -0.2) is 0 Å². The van der Waals surface area contributed by atoms with Gasteiger partial charge in [-0.15, -0.1) is 0 Å². The maximum atomic E-state index is 5.42. The van der Waals surface area contributed by atoms with Crippen LogP contribution in [0.4, 0.5) is 0 Å². The molecule has 0 aliphatic carbocycles. The van der Waals surface area contributed by atoms with E-state index >= 15 is 0 Å². The first kappa shape index (κ1) is 9.96. The van der Waals surface area contributed by atoms with Gasteiger partial charge in [0.05, 0.1) is 18.5 Å². The monoisotopic (exact) mass is 245 g/mol. The molecule has 2 aliphatic heterocycles. The predicted molar refractivity (Wildman–Crippen MR) is 62.3 cm³/mol. The molecule has 0 spiro atoms. The van der Waals surface area contributed by atoms with Gasteiger partial charge in [0.1, 0.15) is 12.2 Å². The van der Waals surface area contributed by atoms with Crippen molar-refractivity contribution in [2.24, 2.45) is 0 Å². The summed E-state index contributed by atoms with van der Waals surface area (Å²) in [6.07, 6.45) is 0.951. The fraction of sp³-hybridized carbons (Fsp3) is 0.308. The Hall–Kier alpha value is -2.01. The van der Waals surface area contributed by atoms with E-state index in [2.05, 4.69) is 10.5 Å². The van der Waals surface area contributed by atoms with Crippen molar-refractivity contribution in [2.75, 3.05) is 13.3 Å². The summed E-state index contributed by atoms with van der Waals surface area (Å²) in [6, 6.07) is 5.89. The topological polar surface area (TPSA) is 61.1 Å². The second-order valence-electron chi connectivity index (χ2n) is 4.53. The van der Waals surface area contributed by atoms with Crippen molar-refractivity contribution < 1.29 is 19.3 Å². The van der Waals surface area contributed by atoms with E-state index in [9.17, 15) is 0 Å². The van der Waals surface area contributed by atoms with Gasteiger partial charge in [0.15, 0.2) is 17.3 Å². The van der Waals surface area contributed by atoms with Gasteiger partial charge < -0.3 is 19.3 Å². The van der Waals surface area contributed by atoms with Crippen molar-refractivity contribution in [3.05, 3.63) is 29.5 Å². The van der Waals surface area contributed by atoms with E-state index in [4.69, 9.17) is 14.0 Å². The zero-order chi connectivity index (χ0) is 11.9. The number of quaternary nitrogens is 1. The van der Waals surface area contributed by atoms with Crippen molar-refractivity contribution in [1.29, 1.82) is 0 Å². The third kappa shape index (κ3) is 1.41. The minimum absolute atomic E-state index is 0.295. The average molecular weight is 245 g/mol. The zero-order valence-electron chi connectivity index (χ0n) is 9.81. The second-order valence-corrected chi connectivity index (χ2v) is 4.53. The van der Waals surface area contributed by atoms with Crippen LogP contribution in [0.1, 0.15) is 11.3 Å². The Bertz CT molecular complexity index is 606. The van der Waals surface area contributed by atoms with Crippen LogP contribution in [0, 0.1) is 0 Å². The van der Waals surface area contributed by atoms with E-state index in [-0.39, 0.29) is 0 Å². The van der Waals surface area contributed by atoms with Crippen LogP contribution in [0.2, 0.25) is 0 Å². The molecule has 1 aromatic heterocycles. The van der Waals surface area contributed by atoms with E-state index in [0.717, 1.165) is 48.0 Å². The number of hydrogen-bond donors (Lipinski definition) is 1. The van der Waals surface area contributed by atoms with Crippen LogP contribution in [0.5, 0.6) is 11.5 Å². The van der Waals surface area contributed by atoms with Crippen LogP contribution >= 0.6 is 0 Å². The minimum Gasteiger partial charge on any atom is -0.454 e. The van der Waals surface area contributed by atoms with E-state index in [0.29, 0.717) is 6.79 Å². The molecule has 1 aromatic carbocycles. The molecule has 18 heavy (non-hydrogen) atoms. The van der Waals surface area contributed by atoms with Crippen LogP contribution in [0.15, 0.2) is 22.7 Å². The molecule has 0 saturated heterocycles. The number of benzene rings is 1. The maximum Gasteiger partial charge on any atom is 0.231 e. The first-order valence-electron chi connectivity index (χ1n) is 6.11. The molecule has 2 N–H and O–H groups in total. The molecule has 2 aliphatic rings. The highest BCUT2D eigenvalue weighted by molar-refractivity contribution is 5.67. The van der Waals surface area contributed by atoms with E-state index in [1.807, 2.05) is 18.2 Å². The first-order chi connectivity index (χ1) is 8.92. The molecule has 92 valence electrons. The summed E-state index contributed by atoms with van der Waals surface area (Å²) < 4.78 is 16.1. The summed E-state index contributed by atoms with van der Waals surface area (Å²) in [7, 11) is 0. The zero-order valence-corrected chi connectivity index (χ0v) is 9.81. The number of nitrogens with two attached hydrogens (primary N) is 1. The summed E-state index contributed by atoms with van der Waals surface area (Å²) in [6.45, 7) is 2.30. The van der Waals surface area contributed by atoms with Crippen LogP contribution in [-0.2, 0) is 13.0 Å². The van der Waals surface area contributed by atoms with Gasteiger partial charge in [-0.1, -0.05) is 5.16 Å². The fourth-order valence-electron chi connectivity index (χ4n) is 2.50. The largest absolute Gasteiger partial charge is 0.454 e. The van der Waals surface area contributed by atoms with Crippen molar-refractivity contribution in [2.45, 2.75) is 13.0 Å². The molecule has 4 rings (SSSR count). The van der Waals surface area contributed by atoms with Gasteiger partial charge in [-0.2, -0.15) is 0 Å². The standard InChI is InChI=1S/C13H12N2O3/c1-2-11-12(17-7-16-11)5-8(1)13-9-6-14-4-3-10(9)18-15-13/h1-2,5,14H,3-4,6-7H2/p+1. The van der Waals surface area contributed by atoms with Crippen LogP contribution in [-0.4, -0.2) is 18.5 Å². The van der Waals surface area contributed by atoms with Gasteiger partial charge in [0, 0.05) is 5.56 Å². The van der Waals surface area contributed by atoms with Gasteiger partial charge in [0.2, 0.25) is 6.79 Å². The normalized spacial score (nSPS) is 16.7. The highest BCUT2D eigenvalue weighted by Gasteiger charge is 2.24. The molecule has 0 bridgehead atoms. The molecule has 0 unspecified atom stereocenters. The quantitative estimate of drug-likeness (QED) is 0.803. The summed E-state index contributed by atoms with van der Waals surface area (Å²) in [4.78, 5) is 0. The lowest BCUT2D eigenvalue weighted by molar-refractivity contribution is -0.673. The molecule has 3 heterocycles. The summed E-state index contributed by atoms with van der Waals surface area (Å²) in [5, 5.41) is 6.48. The van der Waals surface area contributed by atoms with Gasteiger partial charge in [-0.05, 0) is 18.2 Å². The van der Waals surface area contributed by atoms with Crippen molar-refractivity contribution >= 4 is 0 Å². The maximum absolute atomic E-state index is 5.42. The van der Waals surface area contributed by atoms with Gasteiger partial charge >= 0.3 is 0 Å². The average Bonchev–Trinajstić information content (AvgIpc) is 3.04. The molecular formula is C13H13N2O3+. The third-order valence-corrected chi connectivity index (χ3v) is 3.44. The second kappa shape index (κ2) is 3.74. The van der Waals surface area contributed by atoms with Crippen molar-refractivity contribution in [1.82, 2.24) is 5.16 Å². The fourth-order valence-corrected chi connectivity index (χ4v) is 2.50. The van der Waals surface area contributed by atoms with Crippen molar-refractivity contribution in [3.8, 4) is 22.8 Å². The first-order valence-corrected chi connectivity index (χ1v) is 6.11. The van der Waals surface area contributed by atoms with Gasteiger partial charge in [0.25, 0.3) is 0 Å². The Morgan fingerprint density at radius 2 is 2.11 bits per heavy atom. The predicted octanol–water partition coefficient (Wildman–Crippen LogP) is 0.690. The Labute approximate surface area is 104 Å². The summed E-state index contributed by atoms with van der Waals surface area (Å²) in [5.41, 5.74) is 3.17. The lowest BCUT2D eigenvalue weighted by Crippen LogP contribution is -2.84. The lowest BCUT2D eigenvalue weighted by Gasteiger charge is -2.08. The Balaban J connectivity index is 1.81. The lowest BCUT2D eigenvalue weighted by atomic mass is 10.0. The number of aromatic nitrogens is 1. The van der Waals surface area contributed by atoms with Crippen molar-refractivity contribution in [3.63, 3.8) is 0 Å². The third-order valence-electron chi connectivity index (χ3n) is 3.44. The molecule has 5 nitrogen and oxygen atoms in total. The molecule has 0 fully saturated rings. The van der Waals surface area contributed by atoms with E-state index in [1.165, 1.54) is 5.56 Å². The highest BCUT2D eigenvalue weighted by atomic mass is 16.7. The van der Waals surface area contributed by atoms with E-state index in [1.54, 1.807) is 0 Å². The number of fused-ring (bicyclic) bond motifs is 2. The van der Waals surface area contributed by atoms with Crippen LogP contribution < -0.4 is 14.8 Å². The number of nitrogens with zero attached hydrogens (tertiary/aromatic N) is 1. The van der Waals surface area contributed by atoms with Crippen LogP contribution in [0.3, 0.4) is 0 Å².